The molecule has 0 aromatic heterocycles. The summed E-state index contributed by atoms with van der Waals surface area (Å²) in [6, 6.07) is 6.48. The smallest absolute Gasteiger partial charge is 0.162 e. The second-order valence-corrected chi connectivity index (χ2v) is 5.01. The molecule has 106 valence electrons. The number of halogens is 2. The Labute approximate surface area is 119 Å². The fourth-order valence-corrected chi connectivity index (χ4v) is 2.56. The summed E-state index contributed by atoms with van der Waals surface area (Å²) in [6.07, 6.45) is 0. The van der Waals surface area contributed by atoms with Crippen molar-refractivity contribution >= 4 is 17.4 Å². The Morgan fingerprint density at radius 1 is 0.950 bits per heavy atom. The summed E-state index contributed by atoms with van der Waals surface area (Å²) in [5.41, 5.74) is 6.28. The first-order chi connectivity index (χ1) is 9.55. The number of nitrogen functional groups attached to an aromatic ring is 1. The molecule has 0 fully saturated rings. The first kappa shape index (κ1) is 14.5. The van der Waals surface area contributed by atoms with Gasteiger partial charge in [-0.1, -0.05) is 11.8 Å². The van der Waals surface area contributed by atoms with Crippen molar-refractivity contribution in [2.75, 3.05) is 20.0 Å². The molecule has 0 amide bonds. The van der Waals surface area contributed by atoms with Crippen LogP contribution in [-0.4, -0.2) is 14.2 Å². The van der Waals surface area contributed by atoms with Gasteiger partial charge in [0.2, 0.25) is 0 Å². The van der Waals surface area contributed by atoms with E-state index in [2.05, 4.69) is 0 Å². The predicted octanol–water partition coefficient (Wildman–Crippen LogP) is 3.72. The number of nitrogens with two attached hydrogens (primary N) is 1. The van der Waals surface area contributed by atoms with Gasteiger partial charge in [-0.05, 0) is 24.3 Å². The normalized spacial score (nSPS) is 10.4. The molecule has 0 aliphatic carbocycles. The Hall–Kier alpha value is -1.95. The molecule has 0 aliphatic heterocycles. The van der Waals surface area contributed by atoms with Crippen LogP contribution in [0.4, 0.5) is 14.5 Å². The summed E-state index contributed by atoms with van der Waals surface area (Å²) in [5, 5.41) is 0. The van der Waals surface area contributed by atoms with Gasteiger partial charge in [0.05, 0.1) is 19.1 Å². The van der Waals surface area contributed by atoms with E-state index in [-0.39, 0.29) is 4.90 Å². The van der Waals surface area contributed by atoms with Crippen LogP contribution in [-0.2, 0) is 0 Å². The number of methoxy groups -OCH3 is 2. The minimum absolute atomic E-state index is 0.156. The van der Waals surface area contributed by atoms with E-state index < -0.39 is 11.6 Å². The molecule has 0 spiro atoms. The molecule has 3 nitrogen and oxygen atoms in total. The van der Waals surface area contributed by atoms with Gasteiger partial charge in [-0.25, -0.2) is 8.78 Å². The molecule has 0 heterocycles. The van der Waals surface area contributed by atoms with Crippen molar-refractivity contribution in [3.63, 3.8) is 0 Å². The molecular formula is C14H13F2NO2S. The van der Waals surface area contributed by atoms with E-state index in [9.17, 15) is 8.78 Å². The zero-order chi connectivity index (χ0) is 14.7. The maximum Gasteiger partial charge on any atom is 0.162 e. The highest BCUT2D eigenvalue weighted by molar-refractivity contribution is 7.99. The highest BCUT2D eigenvalue weighted by Crippen LogP contribution is 2.40. The number of ether oxygens (including phenoxy) is 2. The van der Waals surface area contributed by atoms with Crippen LogP contribution in [0.15, 0.2) is 40.1 Å². The molecule has 2 aromatic rings. The lowest BCUT2D eigenvalue weighted by atomic mass is 10.3. The number of hydrogen-bond donors (Lipinski definition) is 1. The van der Waals surface area contributed by atoms with Crippen molar-refractivity contribution in [3.05, 3.63) is 42.0 Å². The highest BCUT2D eigenvalue weighted by Gasteiger charge is 2.13. The van der Waals surface area contributed by atoms with Crippen LogP contribution in [0, 0.1) is 11.6 Å². The van der Waals surface area contributed by atoms with Crippen LogP contribution in [0.5, 0.6) is 11.5 Å². The molecule has 20 heavy (non-hydrogen) atoms. The predicted molar refractivity (Wildman–Crippen MR) is 74.4 cm³/mol. The third kappa shape index (κ3) is 2.96. The third-order valence-electron chi connectivity index (χ3n) is 2.63. The van der Waals surface area contributed by atoms with Gasteiger partial charge < -0.3 is 15.2 Å². The molecular weight excluding hydrogens is 284 g/mol. The van der Waals surface area contributed by atoms with Crippen LogP contribution in [0.3, 0.4) is 0 Å². The summed E-state index contributed by atoms with van der Waals surface area (Å²) in [5.74, 6) is -0.0615. The van der Waals surface area contributed by atoms with Gasteiger partial charge in [0, 0.05) is 16.6 Å². The number of rotatable bonds is 4. The van der Waals surface area contributed by atoms with E-state index >= 15 is 0 Å². The average molecular weight is 297 g/mol. The molecule has 0 radical (unpaired) electrons. The van der Waals surface area contributed by atoms with Crippen LogP contribution < -0.4 is 15.2 Å². The van der Waals surface area contributed by atoms with Crippen LogP contribution in [0.1, 0.15) is 0 Å². The largest absolute Gasteiger partial charge is 0.493 e. The molecule has 2 aromatic carbocycles. The van der Waals surface area contributed by atoms with Crippen molar-refractivity contribution in [2.45, 2.75) is 9.79 Å². The van der Waals surface area contributed by atoms with Crippen molar-refractivity contribution < 1.29 is 18.3 Å². The first-order valence-corrected chi connectivity index (χ1v) is 6.51. The number of hydrogen-bond acceptors (Lipinski definition) is 4. The fraction of sp³-hybridized carbons (Fsp3) is 0.143. The van der Waals surface area contributed by atoms with Gasteiger partial charge in [0.25, 0.3) is 0 Å². The minimum Gasteiger partial charge on any atom is -0.493 e. The van der Waals surface area contributed by atoms with E-state index in [1.54, 1.807) is 12.1 Å². The zero-order valence-corrected chi connectivity index (χ0v) is 11.8. The van der Waals surface area contributed by atoms with Crippen LogP contribution >= 0.6 is 11.8 Å². The van der Waals surface area contributed by atoms with Gasteiger partial charge in [-0.3, -0.25) is 0 Å². The maximum absolute atomic E-state index is 13.6. The molecule has 0 bridgehead atoms. The molecule has 0 atom stereocenters. The number of benzene rings is 2. The monoisotopic (exact) mass is 297 g/mol. The highest BCUT2D eigenvalue weighted by atomic mass is 32.2. The standard InChI is InChI=1S/C14H13F2NO2S/c1-18-11-6-10(17)14(7-12(11)19-2)20-13-5-8(15)3-4-9(13)16/h3-7H,17H2,1-2H3. The SMILES string of the molecule is COc1cc(N)c(Sc2cc(F)ccc2F)cc1OC. The molecule has 6 heteroatoms. The second kappa shape index (κ2) is 6.00. The van der Waals surface area contributed by atoms with E-state index in [0.29, 0.717) is 22.1 Å². The minimum atomic E-state index is -0.509. The average Bonchev–Trinajstić information content (AvgIpc) is 2.44. The van der Waals surface area contributed by atoms with Gasteiger partial charge in [-0.15, -0.1) is 0 Å². The van der Waals surface area contributed by atoms with Gasteiger partial charge in [0.15, 0.2) is 11.5 Å². The first-order valence-electron chi connectivity index (χ1n) is 5.69. The maximum atomic E-state index is 13.6. The van der Waals surface area contributed by atoms with Crippen molar-refractivity contribution in [1.29, 1.82) is 0 Å². The van der Waals surface area contributed by atoms with Crippen molar-refractivity contribution in [2.24, 2.45) is 0 Å². The lowest BCUT2D eigenvalue weighted by Crippen LogP contribution is -1.95. The summed E-state index contributed by atoms with van der Waals surface area (Å²) in [7, 11) is 2.99. The van der Waals surface area contributed by atoms with E-state index in [4.69, 9.17) is 15.2 Å². The quantitative estimate of drug-likeness (QED) is 0.874. The Kier molecular flexibility index (Phi) is 4.34. The summed E-state index contributed by atoms with van der Waals surface area (Å²) < 4.78 is 37.1. The van der Waals surface area contributed by atoms with Crippen molar-refractivity contribution in [3.8, 4) is 11.5 Å². The molecule has 0 saturated heterocycles. The summed E-state index contributed by atoms with van der Waals surface area (Å²) in [4.78, 5) is 0.719. The summed E-state index contributed by atoms with van der Waals surface area (Å²) >= 11 is 1.03. The lowest BCUT2D eigenvalue weighted by Gasteiger charge is -2.12. The van der Waals surface area contributed by atoms with Gasteiger partial charge in [0.1, 0.15) is 11.6 Å². The second-order valence-electron chi connectivity index (χ2n) is 3.92. The third-order valence-corrected chi connectivity index (χ3v) is 3.74. The molecule has 2 N–H and O–H groups in total. The summed E-state index contributed by atoms with van der Waals surface area (Å²) in [6.45, 7) is 0. The Morgan fingerprint density at radius 2 is 1.60 bits per heavy atom. The molecule has 2 rings (SSSR count). The molecule has 0 saturated carbocycles. The topological polar surface area (TPSA) is 44.5 Å². The van der Waals surface area contributed by atoms with E-state index in [1.165, 1.54) is 14.2 Å². The van der Waals surface area contributed by atoms with Crippen LogP contribution in [0.2, 0.25) is 0 Å². The molecule has 0 unspecified atom stereocenters. The Bertz CT molecular complexity index is 635. The molecule has 0 aliphatic rings. The zero-order valence-electron chi connectivity index (χ0n) is 10.9. The lowest BCUT2D eigenvalue weighted by molar-refractivity contribution is 0.354. The fourth-order valence-electron chi connectivity index (χ4n) is 1.64. The van der Waals surface area contributed by atoms with Crippen LogP contribution in [0.25, 0.3) is 0 Å². The van der Waals surface area contributed by atoms with Crippen molar-refractivity contribution in [1.82, 2.24) is 0 Å². The van der Waals surface area contributed by atoms with E-state index in [1.807, 2.05) is 0 Å². The van der Waals surface area contributed by atoms with E-state index in [0.717, 1.165) is 30.0 Å². The Morgan fingerprint density at radius 3 is 2.25 bits per heavy atom. The van der Waals surface area contributed by atoms with Gasteiger partial charge >= 0.3 is 0 Å². The van der Waals surface area contributed by atoms with Gasteiger partial charge in [-0.2, -0.15) is 0 Å². The number of anilines is 1. The Balaban J connectivity index is 2.40.